The van der Waals surface area contributed by atoms with Crippen molar-refractivity contribution in [1.29, 1.82) is 0 Å². The number of ether oxygens (including phenoxy) is 1. The zero-order chi connectivity index (χ0) is 19.5. The largest absolute Gasteiger partial charge is 0.497 e. The van der Waals surface area contributed by atoms with E-state index in [1.54, 1.807) is 7.11 Å². The van der Waals surface area contributed by atoms with Gasteiger partial charge in [0.25, 0.3) is 0 Å². The van der Waals surface area contributed by atoms with Gasteiger partial charge in [-0.15, -0.1) is 0 Å². The monoisotopic (exact) mass is 383 g/mol. The minimum Gasteiger partial charge on any atom is -0.497 e. The first-order valence-corrected chi connectivity index (χ1v) is 9.48. The molecule has 0 amide bonds. The predicted octanol–water partition coefficient (Wildman–Crippen LogP) is 4.74. The van der Waals surface area contributed by atoms with Crippen LogP contribution in [-0.2, 0) is 6.54 Å². The van der Waals surface area contributed by atoms with Crippen LogP contribution in [-0.4, -0.2) is 35.3 Å². The molecule has 1 aliphatic heterocycles. The van der Waals surface area contributed by atoms with Crippen molar-refractivity contribution in [2.45, 2.75) is 25.3 Å². The van der Waals surface area contributed by atoms with Gasteiger partial charge in [0.2, 0.25) is 0 Å². The molecule has 28 heavy (non-hydrogen) atoms. The Bertz CT molecular complexity index is 936. The van der Waals surface area contributed by atoms with Crippen LogP contribution in [0.25, 0.3) is 11.1 Å². The summed E-state index contributed by atoms with van der Waals surface area (Å²) in [6, 6.07) is 12.0. The maximum absolute atomic E-state index is 14.3. The molecule has 0 bridgehead atoms. The predicted molar refractivity (Wildman–Crippen MR) is 104 cm³/mol. The molecule has 1 aromatic heterocycles. The smallest absolute Gasteiger partial charge is 0.134 e. The fourth-order valence-corrected chi connectivity index (χ4v) is 4.03. The van der Waals surface area contributed by atoms with Crippen LogP contribution in [0.15, 0.2) is 48.7 Å². The lowest BCUT2D eigenvalue weighted by Crippen LogP contribution is -2.34. The second kappa shape index (κ2) is 8.10. The van der Waals surface area contributed by atoms with Gasteiger partial charge >= 0.3 is 0 Å². The number of H-pyrrole nitrogens is 1. The number of likely N-dealkylation sites (tertiary alicyclic amines) is 1. The van der Waals surface area contributed by atoms with Crippen molar-refractivity contribution in [2.24, 2.45) is 0 Å². The lowest BCUT2D eigenvalue weighted by atomic mass is 9.90. The van der Waals surface area contributed by atoms with Gasteiger partial charge in [-0.2, -0.15) is 5.10 Å². The van der Waals surface area contributed by atoms with E-state index in [4.69, 9.17) is 4.74 Å². The van der Waals surface area contributed by atoms with E-state index in [9.17, 15) is 8.78 Å². The summed E-state index contributed by atoms with van der Waals surface area (Å²) in [6.07, 6.45) is 3.50. The number of hydrogen-bond donors (Lipinski definition) is 1. The summed E-state index contributed by atoms with van der Waals surface area (Å²) >= 11 is 0. The maximum atomic E-state index is 14.3. The molecule has 1 fully saturated rings. The fraction of sp³-hybridized carbons (Fsp3) is 0.318. The maximum Gasteiger partial charge on any atom is 0.134 e. The molecule has 6 heteroatoms. The summed E-state index contributed by atoms with van der Waals surface area (Å²) < 4.78 is 33.9. The topological polar surface area (TPSA) is 41.1 Å². The molecule has 1 saturated heterocycles. The van der Waals surface area contributed by atoms with Gasteiger partial charge in [0.15, 0.2) is 0 Å². The second-order valence-electron chi connectivity index (χ2n) is 7.22. The van der Waals surface area contributed by atoms with Crippen molar-refractivity contribution in [2.75, 3.05) is 20.2 Å². The van der Waals surface area contributed by atoms with E-state index in [0.717, 1.165) is 43.9 Å². The van der Waals surface area contributed by atoms with Gasteiger partial charge in [0.1, 0.15) is 17.4 Å². The Morgan fingerprint density at radius 1 is 1.18 bits per heavy atom. The average molecular weight is 383 g/mol. The molecule has 1 N–H and O–H groups in total. The minimum absolute atomic E-state index is 0.00355. The first kappa shape index (κ1) is 18.6. The highest BCUT2D eigenvalue weighted by Crippen LogP contribution is 2.35. The Labute approximate surface area is 163 Å². The number of rotatable bonds is 5. The molecule has 0 spiro atoms. The van der Waals surface area contributed by atoms with Crippen molar-refractivity contribution in [3.63, 3.8) is 0 Å². The van der Waals surface area contributed by atoms with Gasteiger partial charge < -0.3 is 4.74 Å². The van der Waals surface area contributed by atoms with Crippen LogP contribution >= 0.6 is 0 Å². The molecule has 146 valence electrons. The van der Waals surface area contributed by atoms with Gasteiger partial charge in [0, 0.05) is 30.3 Å². The van der Waals surface area contributed by atoms with Crippen LogP contribution < -0.4 is 4.74 Å². The van der Waals surface area contributed by atoms with Gasteiger partial charge in [-0.1, -0.05) is 18.2 Å². The Morgan fingerprint density at radius 2 is 1.96 bits per heavy atom. The van der Waals surface area contributed by atoms with E-state index < -0.39 is 11.6 Å². The second-order valence-corrected chi connectivity index (χ2v) is 7.22. The first-order valence-electron chi connectivity index (χ1n) is 9.48. The standard InChI is InChI=1S/C22H23F2N3O/c1-28-17-7-2-5-15(11-17)13-27-10-4-6-16(14-27)22-18(12-25-26-22)21-19(23)8-3-9-20(21)24/h2-3,5,7-9,11-12,16H,4,6,10,13-14H2,1H3,(H,25,26)/t16-/m0/s1. The van der Waals surface area contributed by atoms with Crippen molar-refractivity contribution >= 4 is 0 Å². The van der Waals surface area contributed by atoms with Crippen LogP contribution in [0.4, 0.5) is 8.78 Å². The van der Waals surface area contributed by atoms with E-state index in [0.29, 0.717) is 5.56 Å². The summed E-state index contributed by atoms with van der Waals surface area (Å²) in [5.74, 6) is -0.133. The summed E-state index contributed by atoms with van der Waals surface area (Å²) in [6.45, 7) is 2.61. The zero-order valence-electron chi connectivity index (χ0n) is 15.8. The van der Waals surface area contributed by atoms with Gasteiger partial charge in [-0.05, 0) is 49.2 Å². The Hall–Kier alpha value is -2.73. The number of hydrogen-bond acceptors (Lipinski definition) is 3. The SMILES string of the molecule is COc1cccc(CN2CCC[C@H](c3[nH]ncc3-c3c(F)cccc3F)C2)c1. The van der Waals surface area contributed by atoms with Crippen LogP contribution in [0.2, 0.25) is 0 Å². The number of methoxy groups -OCH3 is 1. The first-order chi connectivity index (χ1) is 13.7. The van der Waals surface area contributed by atoms with Gasteiger partial charge in [-0.3, -0.25) is 10.00 Å². The quantitative estimate of drug-likeness (QED) is 0.692. The summed E-state index contributed by atoms with van der Waals surface area (Å²) in [5.41, 5.74) is 2.50. The number of aromatic nitrogens is 2. The van der Waals surface area contributed by atoms with E-state index in [1.807, 2.05) is 18.2 Å². The highest BCUT2D eigenvalue weighted by Gasteiger charge is 2.27. The molecule has 0 saturated carbocycles. The van der Waals surface area contributed by atoms with Crippen LogP contribution in [0.1, 0.15) is 30.0 Å². The number of aromatic amines is 1. The number of halogens is 2. The molecule has 3 aromatic rings. The Balaban J connectivity index is 1.55. The van der Waals surface area contributed by atoms with Gasteiger partial charge in [0.05, 0.1) is 18.9 Å². The van der Waals surface area contributed by atoms with Crippen LogP contribution in [0.5, 0.6) is 5.75 Å². The van der Waals surface area contributed by atoms with E-state index >= 15 is 0 Å². The highest BCUT2D eigenvalue weighted by molar-refractivity contribution is 5.67. The number of benzene rings is 2. The molecule has 0 aliphatic carbocycles. The third-order valence-electron chi connectivity index (χ3n) is 5.36. The molecular formula is C22H23F2N3O. The molecular weight excluding hydrogens is 360 g/mol. The van der Waals surface area contributed by atoms with Crippen LogP contribution in [0.3, 0.4) is 0 Å². The Morgan fingerprint density at radius 3 is 2.75 bits per heavy atom. The molecule has 0 radical (unpaired) electrons. The Kier molecular flexibility index (Phi) is 5.39. The van der Waals surface area contributed by atoms with E-state index in [1.165, 1.54) is 30.0 Å². The molecule has 4 nitrogen and oxygen atoms in total. The molecule has 0 unspecified atom stereocenters. The van der Waals surface area contributed by atoms with E-state index in [2.05, 4.69) is 21.2 Å². The lowest BCUT2D eigenvalue weighted by molar-refractivity contribution is 0.198. The number of nitrogens with one attached hydrogen (secondary N) is 1. The summed E-state index contributed by atoms with van der Waals surface area (Å²) in [7, 11) is 1.66. The van der Waals surface area contributed by atoms with E-state index in [-0.39, 0.29) is 11.5 Å². The molecule has 2 aromatic carbocycles. The highest BCUT2D eigenvalue weighted by atomic mass is 19.1. The molecule has 1 aliphatic rings. The normalized spacial score (nSPS) is 17.6. The summed E-state index contributed by atoms with van der Waals surface area (Å²) in [5, 5.41) is 7.10. The lowest BCUT2D eigenvalue weighted by Gasteiger charge is -2.32. The average Bonchev–Trinajstić information content (AvgIpc) is 3.18. The summed E-state index contributed by atoms with van der Waals surface area (Å²) in [4.78, 5) is 2.37. The minimum atomic E-state index is -0.563. The third kappa shape index (κ3) is 3.78. The van der Waals surface area contributed by atoms with Crippen molar-refractivity contribution < 1.29 is 13.5 Å². The molecule has 2 heterocycles. The molecule has 1 atom stereocenters. The van der Waals surface area contributed by atoms with Crippen molar-refractivity contribution in [3.8, 4) is 16.9 Å². The van der Waals surface area contributed by atoms with Crippen molar-refractivity contribution in [1.82, 2.24) is 15.1 Å². The number of piperidine rings is 1. The van der Waals surface area contributed by atoms with Crippen LogP contribution in [0, 0.1) is 11.6 Å². The fourth-order valence-electron chi connectivity index (χ4n) is 4.03. The van der Waals surface area contributed by atoms with Gasteiger partial charge in [-0.25, -0.2) is 8.78 Å². The van der Waals surface area contributed by atoms with Crippen molar-refractivity contribution in [3.05, 3.63) is 71.6 Å². The number of nitrogens with zero attached hydrogens (tertiary/aromatic N) is 2. The molecule has 4 rings (SSSR count). The third-order valence-corrected chi connectivity index (χ3v) is 5.36. The zero-order valence-corrected chi connectivity index (χ0v) is 15.8.